The van der Waals surface area contributed by atoms with Crippen LogP contribution in [0.4, 0.5) is 14.5 Å². The van der Waals surface area contributed by atoms with Gasteiger partial charge in [0.2, 0.25) is 5.91 Å². The first-order chi connectivity index (χ1) is 16.9. The van der Waals surface area contributed by atoms with Crippen molar-refractivity contribution in [3.8, 4) is 0 Å². The summed E-state index contributed by atoms with van der Waals surface area (Å²) in [5.41, 5.74) is 0.776. The van der Waals surface area contributed by atoms with Crippen molar-refractivity contribution >= 4 is 11.6 Å². The minimum Gasteiger partial charge on any atom is -0.380 e. The first kappa shape index (κ1) is 25.0. The van der Waals surface area contributed by atoms with Gasteiger partial charge in [-0.25, -0.2) is 8.78 Å². The second-order valence-corrected chi connectivity index (χ2v) is 9.29. The van der Waals surface area contributed by atoms with Crippen LogP contribution < -0.4 is 4.90 Å². The van der Waals surface area contributed by atoms with Gasteiger partial charge in [0.25, 0.3) is 0 Å². The number of piperidine rings is 1. The number of amides is 1. The standard InChI is InChI=1S/C29H32F2N2O2/c1-32(27-6-3-2-4-7-27)28(34)8-5-19-33-20-17-24(18-21-33)29(35,22-9-13-25(30)14-10-22)23-11-15-26(31)16-12-23/h2-4,6-7,9-16,24,35H,5,8,17-21H2,1H3. The molecule has 3 aromatic rings. The molecule has 0 unspecified atom stereocenters. The van der Waals surface area contributed by atoms with E-state index in [1.807, 2.05) is 30.3 Å². The number of rotatable bonds is 8. The Morgan fingerprint density at radius 2 is 1.43 bits per heavy atom. The number of carbonyl (C=O) groups is 1. The predicted octanol–water partition coefficient (Wildman–Crippen LogP) is 5.36. The number of carbonyl (C=O) groups excluding carboxylic acids is 1. The third kappa shape index (κ3) is 5.77. The summed E-state index contributed by atoms with van der Waals surface area (Å²) < 4.78 is 27.2. The van der Waals surface area contributed by atoms with Crippen LogP contribution >= 0.6 is 0 Å². The lowest BCUT2D eigenvalue weighted by atomic mass is 9.72. The number of hydrogen-bond acceptors (Lipinski definition) is 3. The van der Waals surface area contributed by atoms with Gasteiger partial charge < -0.3 is 14.9 Å². The van der Waals surface area contributed by atoms with Gasteiger partial charge in [-0.1, -0.05) is 42.5 Å². The Balaban J connectivity index is 1.37. The molecule has 0 bridgehead atoms. The number of nitrogens with zero attached hydrogens (tertiary/aromatic N) is 2. The molecule has 184 valence electrons. The molecular weight excluding hydrogens is 446 g/mol. The largest absolute Gasteiger partial charge is 0.380 e. The SMILES string of the molecule is CN(C(=O)CCCN1CCC(C(O)(c2ccc(F)cc2)c2ccc(F)cc2)CC1)c1ccccc1. The third-order valence-electron chi connectivity index (χ3n) is 7.13. The highest BCUT2D eigenvalue weighted by molar-refractivity contribution is 5.92. The zero-order chi connectivity index (χ0) is 24.8. The number of benzene rings is 3. The summed E-state index contributed by atoms with van der Waals surface area (Å²) in [5.74, 6) is -0.733. The van der Waals surface area contributed by atoms with Crippen LogP contribution in [0.2, 0.25) is 0 Å². The van der Waals surface area contributed by atoms with Crippen LogP contribution in [-0.4, -0.2) is 42.6 Å². The highest BCUT2D eigenvalue weighted by Gasteiger charge is 2.41. The van der Waals surface area contributed by atoms with Crippen LogP contribution in [0.5, 0.6) is 0 Å². The molecule has 0 aromatic heterocycles. The Morgan fingerprint density at radius 3 is 1.94 bits per heavy atom. The van der Waals surface area contributed by atoms with Crippen LogP contribution in [-0.2, 0) is 10.4 Å². The van der Waals surface area contributed by atoms with E-state index in [0.29, 0.717) is 17.5 Å². The molecule has 0 spiro atoms. The molecule has 1 amide bonds. The molecule has 1 aliphatic rings. The molecule has 1 fully saturated rings. The lowest BCUT2D eigenvalue weighted by Gasteiger charge is -2.42. The number of likely N-dealkylation sites (tertiary alicyclic amines) is 1. The first-order valence-corrected chi connectivity index (χ1v) is 12.2. The van der Waals surface area contributed by atoms with Gasteiger partial charge in [-0.2, -0.15) is 0 Å². The molecule has 6 heteroatoms. The van der Waals surface area contributed by atoms with E-state index in [2.05, 4.69) is 4.90 Å². The molecule has 4 rings (SSSR count). The summed E-state index contributed by atoms with van der Waals surface area (Å²) in [7, 11) is 1.80. The monoisotopic (exact) mass is 478 g/mol. The Hall–Kier alpha value is -3.09. The maximum absolute atomic E-state index is 13.6. The summed E-state index contributed by atoms with van der Waals surface area (Å²) >= 11 is 0. The molecular formula is C29H32F2N2O2. The molecule has 1 aliphatic heterocycles. The van der Waals surface area contributed by atoms with Crippen molar-refractivity contribution in [2.24, 2.45) is 5.92 Å². The van der Waals surface area contributed by atoms with E-state index in [0.717, 1.165) is 44.6 Å². The van der Waals surface area contributed by atoms with Crippen molar-refractivity contribution in [2.45, 2.75) is 31.3 Å². The molecule has 0 atom stereocenters. The summed E-state index contributed by atoms with van der Waals surface area (Å²) in [6, 6.07) is 21.5. The van der Waals surface area contributed by atoms with Crippen LogP contribution in [0.3, 0.4) is 0 Å². The van der Waals surface area contributed by atoms with Crippen molar-refractivity contribution in [3.05, 3.63) is 102 Å². The van der Waals surface area contributed by atoms with Gasteiger partial charge in [0.05, 0.1) is 0 Å². The molecule has 1 N–H and O–H groups in total. The number of aliphatic hydroxyl groups is 1. The fourth-order valence-electron chi connectivity index (χ4n) is 5.04. The minimum absolute atomic E-state index is 0.0908. The highest BCUT2D eigenvalue weighted by atomic mass is 19.1. The molecule has 35 heavy (non-hydrogen) atoms. The molecule has 0 saturated carbocycles. The van der Waals surface area contributed by atoms with E-state index < -0.39 is 5.60 Å². The quantitative estimate of drug-likeness (QED) is 0.474. The van der Waals surface area contributed by atoms with Crippen LogP contribution in [0.15, 0.2) is 78.9 Å². The molecule has 4 nitrogen and oxygen atoms in total. The maximum Gasteiger partial charge on any atom is 0.226 e. The normalized spacial score (nSPS) is 15.2. The molecule has 3 aromatic carbocycles. The van der Waals surface area contributed by atoms with Gasteiger partial charge in [-0.3, -0.25) is 4.79 Å². The van der Waals surface area contributed by atoms with Crippen molar-refractivity contribution in [1.29, 1.82) is 0 Å². The van der Waals surface area contributed by atoms with Crippen LogP contribution in [0, 0.1) is 17.6 Å². The van der Waals surface area contributed by atoms with E-state index in [4.69, 9.17) is 0 Å². The predicted molar refractivity (Wildman–Crippen MR) is 134 cm³/mol. The molecule has 1 saturated heterocycles. The molecule has 1 heterocycles. The topological polar surface area (TPSA) is 43.8 Å². The number of anilines is 1. The molecule has 0 aliphatic carbocycles. The number of para-hydroxylation sites is 1. The lowest BCUT2D eigenvalue weighted by Crippen LogP contribution is -2.44. The third-order valence-corrected chi connectivity index (χ3v) is 7.13. The maximum atomic E-state index is 13.6. The summed E-state index contributed by atoms with van der Waals surface area (Å²) in [6.45, 7) is 2.39. The Kier molecular flexibility index (Phi) is 7.93. The average molecular weight is 479 g/mol. The van der Waals surface area contributed by atoms with Gasteiger partial charge in [-0.05, 0) is 92.3 Å². The number of halogens is 2. The average Bonchev–Trinajstić information content (AvgIpc) is 2.89. The zero-order valence-electron chi connectivity index (χ0n) is 20.0. The number of hydrogen-bond donors (Lipinski definition) is 1. The highest BCUT2D eigenvalue weighted by Crippen LogP contribution is 2.42. The fraction of sp³-hybridized carbons (Fsp3) is 0.345. The Morgan fingerprint density at radius 1 is 0.914 bits per heavy atom. The fourth-order valence-corrected chi connectivity index (χ4v) is 5.04. The van der Waals surface area contributed by atoms with Gasteiger partial charge in [0, 0.05) is 19.2 Å². The Labute approximate surface area is 205 Å². The van der Waals surface area contributed by atoms with E-state index >= 15 is 0 Å². The van der Waals surface area contributed by atoms with Crippen molar-refractivity contribution in [2.75, 3.05) is 31.6 Å². The minimum atomic E-state index is -1.33. The van der Waals surface area contributed by atoms with E-state index in [9.17, 15) is 18.7 Å². The van der Waals surface area contributed by atoms with Crippen molar-refractivity contribution in [1.82, 2.24) is 4.90 Å². The van der Waals surface area contributed by atoms with Crippen molar-refractivity contribution in [3.63, 3.8) is 0 Å². The van der Waals surface area contributed by atoms with Crippen molar-refractivity contribution < 1.29 is 18.7 Å². The Bertz CT molecular complexity index is 1050. The van der Waals surface area contributed by atoms with Gasteiger partial charge in [0.1, 0.15) is 17.2 Å². The second kappa shape index (κ2) is 11.1. The van der Waals surface area contributed by atoms with E-state index in [-0.39, 0.29) is 23.5 Å². The molecule has 0 radical (unpaired) electrons. The second-order valence-electron chi connectivity index (χ2n) is 9.29. The zero-order valence-corrected chi connectivity index (χ0v) is 20.0. The van der Waals surface area contributed by atoms with Gasteiger partial charge >= 0.3 is 0 Å². The van der Waals surface area contributed by atoms with Gasteiger partial charge in [0.15, 0.2) is 0 Å². The first-order valence-electron chi connectivity index (χ1n) is 12.2. The van der Waals surface area contributed by atoms with Crippen LogP contribution in [0.25, 0.3) is 0 Å². The summed E-state index contributed by atoms with van der Waals surface area (Å²) in [5, 5.41) is 12.0. The van der Waals surface area contributed by atoms with E-state index in [1.165, 1.54) is 24.3 Å². The van der Waals surface area contributed by atoms with E-state index in [1.54, 1.807) is 36.2 Å². The lowest BCUT2D eigenvalue weighted by molar-refractivity contribution is -0.118. The summed E-state index contributed by atoms with van der Waals surface area (Å²) in [6.07, 6.45) is 2.72. The smallest absolute Gasteiger partial charge is 0.226 e. The summed E-state index contributed by atoms with van der Waals surface area (Å²) in [4.78, 5) is 16.6. The van der Waals surface area contributed by atoms with Gasteiger partial charge in [-0.15, -0.1) is 0 Å². The van der Waals surface area contributed by atoms with Crippen LogP contribution in [0.1, 0.15) is 36.8 Å².